The summed E-state index contributed by atoms with van der Waals surface area (Å²) in [6.45, 7) is 4.03. The second kappa shape index (κ2) is 5.59. The van der Waals surface area contributed by atoms with Gasteiger partial charge in [-0.2, -0.15) is 4.99 Å². The number of thioether (sulfide) groups is 1. The van der Waals surface area contributed by atoms with E-state index < -0.39 is 9.84 Å². The van der Waals surface area contributed by atoms with Gasteiger partial charge in [0.2, 0.25) is 0 Å². The third-order valence-electron chi connectivity index (χ3n) is 4.82. The average Bonchev–Trinajstić information content (AvgIpc) is 3.23. The minimum absolute atomic E-state index is 0.0411. The highest BCUT2D eigenvalue weighted by Gasteiger charge is 2.50. The van der Waals surface area contributed by atoms with Crippen LogP contribution < -0.4 is 4.90 Å². The fraction of sp³-hybridized carbons (Fsp3) is 0.529. The molecule has 2 saturated heterocycles. The number of carbonyl (C=O) groups excluding carboxylic acids is 1. The molecule has 5 nitrogen and oxygen atoms in total. The first-order valence-electron chi connectivity index (χ1n) is 8.20. The topological polar surface area (TPSA) is 66.8 Å². The van der Waals surface area contributed by atoms with Gasteiger partial charge >= 0.3 is 0 Å². The van der Waals surface area contributed by atoms with E-state index in [0.29, 0.717) is 5.17 Å². The summed E-state index contributed by atoms with van der Waals surface area (Å²) in [4.78, 5) is 18.6. The van der Waals surface area contributed by atoms with Crippen molar-refractivity contribution < 1.29 is 13.2 Å². The van der Waals surface area contributed by atoms with Crippen molar-refractivity contribution >= 4 is 38.4 Å². The van der Waals surface area contributed by atoms with Crippen molar-refractivity contribution in [3.8, 4) is 0 Å². The van der Waals surface area contributed by atoms with Gasteiger partial charge in [0.05, 0.1) is 17.5 Å². The third-order valence-corrected chi connectivity index (χ3v) is 8.03. The lowest BCUT2D eigenvalue weighted by Gasteiger charge is -2.26. The lowest BCUT2D eigenvalue weighted by molar-refractivity contribution is -0.118. The Morgan fingerprint density at radius 3 is 2.71 bits per heavy atom. The molecule has 1 amide bonds. The van der Waals surface area contributed by atoms with Crippen LogP contribution >= 0.6 is 11.8 Å². The Bertz CT molecular complexity index is 843. The molecule has 3 aliphatic rings. The zero-order valence-electron chi connectivity index (χ0n) is 13.7. The van der Waals surface area contributed by atoms with Crippen LogP contribution in [0.3, 0.4) is 0 Å². The van der Waals surface area contributed by atoms with E-state index >= 15 is 0 Å². The van der Waals surface area contributed by atoms with Crippen molar-refractivity contribution in [3.05, 3.63) is 29.3 Å². The van der Waals surface area contributed by atoms with Crippen LogP contribution in [0.15, 0.2) is 23.2 Å². The molecule has 1 aromatic rings. The number of sulfone groups is 1. The molecule has 4 rings (SSSR count). The summed E-state index contributed by atoms with van der Waals surface area (Å²) in [6.07, 6.45) is 1.84. The minimum atomic E-state index is -3.03. The first-order chi connectivity index (χ1) is 11.3. The molecule has 2 atom stereocenters. The Morgan fingerprint density at radius 2 is 2.00 bits per heavy atom. The second-order valence-electron chi connectivity index (χ2n) is 6.97. The predicted molar refractivity (Wildman–Crippen MR) is 97.4 cm³/mol. The third kappa shape index (κ3) is 2.88. The number of hydrogen-bond donors (Lipinski definition) is 0. The normalized spacial score (nSPS) is 29.9. The zero-order valence-corrected chi connectivity index (χ0v) is 15.4. The van der Waals surface area contributed by atoms with Crippen molar-refractivity contribution in [1.29, 1.82) is 0 Å². The van der Waals surface area contributed by atoms with Gasteiger partial charge in [-0.05, 0) is 43.9 Å². The second-order valence-corrected chi connectivity index (χ2v) is 10.3. The fourth-order valence-electron chi connectivity index (χ4n) is 3.34. The molecule has 3 fully saturated rings. The van der Waals surface area contributed by atoms with E-state index in [0.717, 1.165) is 29.7 Å². The Balaban J connectivity index is 1.77. The van der Waals surface area contributed by atoms with Gasteiger partial charge in [-0.15, -0.1) is 0 Å². The van der Waals surface area contributed by atoms with Crippen molar-refractivity contribution in [2.24, 2.45) is 10.9 Å². The smallest absolute Gasteiger partial charge is 0.251 e. The van der Waals surface area contributed by atoms with Gasteiger partial charge in [0.15, 0.2) is 15.0 Å². The predicted octanol–water partition coefficient (Wildman–Crippen LogP) is 2.31. The number of benzene rings is 1. The maximum Gasteiger partial charge on any atom is 0.251 e. The van der Waals surface area contributed by atoms with Gasteiger partial charge in [0, 0.05) is 16.9 Å². The molecule has 0 bridgehead atoms. The Hall–Kier alpha value is -1.34. The molecule has 1 aliphatic carbocycles. The van der Waals surface area contributed by atoms with Gasteiger partial charge < -0.3 is 4.90 Å². The van der Waals surface area contributed by atoms with E-state index in [1.165, 1.54) is 11.8 Å². The molecule has 1 aromatic carbocycles. The number of anilines is 1. The molecule has 7 heteroatoms. The maximum atomic E-state index is 12.2. The molecule has 2 heterocycles. The van der Waals surface area contributed by atoms with Crippen LogP contribution in [0.2, 0.25) is 0 Å². The van der Waals surface area contributed by atoms with Crippen molar-refractivity contribution in [2.45, 2.75) is 38.0 Å². The first kappa shape index (κ1) is 16.1. The highest BCUT2D eigenvalue weighted by Crippen LogP contribution is 2.42. The highest BCUT2D eigenvalue weighted by atomic mass is 32.2. The van der Waals surface area contributed by atoms with Crippen LogP contribution in [0.5, 0.6) is 0 Å². The summed E-state index contributed by atoms with van der Waals surface area (Å²) >= 11 is 1.45. The molecule has 0 spiro atoms. The van der Waals surface area contributed by atoms with Gasteiger partial charge in [-0.3, -0.25) is 4.79 Å². The lowest BCUT2D eigenvalue weighted by atomic mass is 10.1. The van der Waals surface area contributed by atoms with E-state index in [-0.39, 0.29) is 34.6 Å². The number of aliphatic imine (C=N–C) groups is 1. The monoisotopic (exact) mass is 364 g/mol. The van der Waals surface area contributed by atoms with Gasteiger partial charge in [0.1, 0.15) is 0 Å². The van der Waals surface area contributed by atoms with Crippen molar-refractivity contribution in [3.63, 3.8) is 0 Å². The quantitative estimate of drug-likeness (QED) is 0.806. The van der Waals surface area contributed by atoms with E-state index in [2.05, 4.69) is 11.1 Å². The Morgan fingerprint density at radius 1 is 1.25 bits per heavy atom. The zero-order chi connectivity index (χ0) is 17.1. The molecule has 0 unspecified atom stereocenters. The summed E-state index contributed by atoms with van der Waals surface area (Å²) < 4.78 is 24.1. The average molecular weight is 364 g/mol. The molecular formula is C17H20N2O3S2. The van der Waals surface area contributed by atoms with E-state index in [4.69, 9.17) is 0 Å². The molecule has 128 valence electrons. The van der Waals surface area contributed by atoms with Gasteiger partial charge in [-0.25, -0.2) is 8.42 Å². The van der Waals surface area contributed by atoms with Crippen LogP contribution in [0.1, 0.15) is 24.0 Å². The number of nitrogens with zero attached hydrogens (tertiary/aromatic N) is 2. The summed E-state index contributed by atoms with van der Waals surface area (Å²) in [7, 11) is -3.03. The van der Waals surface area contributed by atoms with Crippen molar-refractivity contribution in [2.75, 3.05) is 16.4 Å². The number of rotatable bonds is 2. The van der Waals surface area contributed by atoms with Crippen LogP contribution in [0, 0.1) is 19.8 Å². The summed E-state index contributed by atoms with van der Waals surface area (Å²) in [6, 6.07) is 6.00. The molecule has 2 aliphatic heterocycles. The summed E-state index contributed by atoms with van der Waals surface area (Å²) in [5, 5.41) is 0.631. The van der Waals surface area contributed by atoms with Crippen LogP contribution in [0.25, 0.3) is 0 Å². The van der Waals surface area contributed by atoms with Crippen LogP contribution in [-0.2, 0) is 14.6 Å². The summed E-state index contributed by atoms with van der Waals surface area (Å²) in [5.74, 6) is 0.313. The Kier molecular flexibility index (Phi) is 3.76. The number of fused-ring (bicyclic) bond motifs is 1. The largest absolute Gasteiger partial charge is 0.315 e. The number of carbonyl (C=O) groups is 1. The highest BCUT2D eigenvalue weighted by molar-refractivity contribution is 8.16. The molecule has 1 saturated carbocycles. The van der Waals surface area contributed by atoms with E-state index in [1.54, 1.807) is 0 Å². The van der Waals surface area contributed by atoms with Gasteiger partial charge in [0.25, 0.3) is 5.91 Å². The van der Waals surface area contributed by atoms with E-state index in [1.807, 2.05) is 30.9 Å². The number of hydrogen-bond acceptors (Lipinski definition) is 4. The van der Waals surface area contributed by atoms with E-state index in [9.17, 15) is 13.2 Å². The number of amidine groups is 1. The lowest BCUT2D eigenvalue weighted by Crippen LogP contribution is -2.38. The maximum absolute atomic E-state index is 12.2. The molecule has 0 radical (unpaired) electrons. The first-order valence-corrected chi connectivity index (χ1v) is 10.9. The Labute approximate surface area is 146 Å². The van der Waals surface area contributed by atoms with Crippen molar-refractivity contribution in [1.82, 2.24) is 0 Å². The molecular weight excluding hydrogens is 344 g/mol. The molecule has 0 N–H and O–H groups in total. The standard InChI is InChI=1S/C17H20N2O3S2/c1-10-3-4-11(2)13(7-10)19-14-8-24(21,22)9-15(14)23-17(19)18-16(20)12-5-6-12/h3-4,7,12,14-15H,5-6,8-9H2,1-2H3/t14-,15-/m1/s1. The molecule has 0 aromatic heterocycles. The summed E-state index contributed by atoms with van der Waals surface area (Å²) in [5.41, 5.74) is 3.14. The molecule has 24 heavy (non-hydrogen) atoms. The van der Waals surface area contributed by atoms with Crippen LogP contribution in [-0.4, -0.2) is 42.3 Å². The number of amides is 1. The van der Waals surface area contributed by atoms with Crippen LogP contribution in [0.4, 0.5) is 5.69 Å². The number of aryl methyl sites for hydroxylation is 2. The fourth-order valence-corrected chi connectivity index (χ4v) is 7.25. The minimum Gasteiger partial charge on any atom is -0.315 e. The SMILES string of the molecule is Cc1ccc(C)c(N2C(=NC(=O)C3CC3)S[C@@H]3CS(=O)(=O)C[C@H]32)c1. The van der Waals surface area contributed by atoms with Gasteiger partial charge in [-0.1, -0.05) is 23.9 Å².